The van der Waals surface area contributed by atoms with Gasteiger partial charge in [0.05, 0.1) is 29.2 Å². The van der Waals surface area contributed by atoms with Gasteiger partial charge in [0.2, 0.25) is 5.91 Å². The van der Waals surface area contributed by atoms with Crippen LogP contribution >= 0.6 is 23.1 Å². The quantitative estimate of drug-likeness (QED) is 0.249. The number of aromatic nitrogens is 1. The fraction of sp³-hybridized carbons (Fsp3) is 0.214. The van der Waals surface area contributed by atoms with E-state index in [4.69, 9.17) is 4.98 Å². The van der Waals surface area contributed by atoms with Gasteiger partial charge in [0, 0.05) is 46.9 Å². The van der Waals surface area contributed by atoms with Gasteiger partial charge in [0.1, 0.15) is 5.82 Å². The number of carbonyl (C=O) groups is 1. The number of nitrogens with zero attached hydrogens (tertiary/aromatic N) is 4. The van der Waals surface area contributed by atoms with Crippen LogP contribution in [-0.2, 0) is 11.0 Å². The molecule has 0 atom stereocenters. The highest BCUT2D eigenvalue weighted by atomic mass is 32.2. The molecule has 1 saturated heterocycles. The smallest absolute Gasteiger partial charge is 0.346 e. The highest BCUT2D eigenvalue weighted by Gasteiger charge is 2.35. The molecule has 0 radical (unpaired) electrons. The molecule has 11 heteroatoms. The molecule has 1 amide bonds. The first kappa shape index (κ1) is 25.8. The van der Waals surface area contributed by atoms with Gasteiger partial charge in [-0.3, -0.25) is 14.6 Å². The second-order valence-corrected chi connectivity index (χ2v) is 11.2. The molecule has 0 saturated carbocycles. The lowest BCUT2D eigenvalue weighted by atomic mass is 10.1. The van der Waals surface area contributed by atoms with Crippen molar-refractivity contribution in [3.63, 3.8) is 0 Å². The van der Waals surface area contributed by atoms with E-state index < -0.39 is 11.7 Å². The maximum atomic E-state index is 13.6. The first-order chi connectivity index (χ1) is 18.8. The number of anilines is 3. The van der Waals surface area contributed by atoms with Crippen LogP contribution in [0.4, 0.5) is 34.1 Å². The second-order valence-electron chi connectivity index (χ2n) is 9.26. The van der Waals surface area contributed by atoms with Crippen molar-refractivity contribution >= 4 is 45.5 Å². The molecule has 0 aliphatic carbocycles. The lowest BCUT2D eigenvalue weighted by Crippen LogP contribution is -2.49. The number of fused-ring (bicyclic) bond motifs is 2. The van der Waals surface area contributed by atoms with Crippen molar-refractivity contribution in [3.8, 4) is 11.3 Å². The van der Waals surface area contributed by atoms with Crippen LogP contribution in [0.3, 0.4) is 0 Å². The van der Waals surface area contributed by atoms with Crippen LogP contribution in [0, 0.1) is 5.82 Å². The molecule has 1 aromatic heterocycles. The van der Waals surface area contributed by atoms with E-state index in [1.165, 1.54) is 46.2 Å². The summed E-state index contributed by atoms with van der Waals surface area (Å²) in [6.07, 6.45) is -4.51. The summed E-state index contributed by atoms with van der Waals surface area (Å²) in [5.74, 6) is -0.569. The molecule has 1 fully saturated rings. The Kier molecular flexibility index (Phi) is 6.82. The van der Waals surface area contributed by atoms with Crippen LogP contribution in [0.1, 0.15) is 5.56 Å². The number of thiazole rings is 1. The van der Waals surface area contributed by atoms with E-state index >= 15 is 0 Å². The molecule has 3 aromatic carbocycles. The van der Waals surface area contributed by atoms with E-state index in [1.54, 1.807) is 24.3 Å². The van der Waals surface area contributed by atoms with Gasteiger partial charge in [-0.2, -0.15) is 13.2 Å². The number of hydrogen-bond acceptors (Lipinski definition) is 6. The highest BCUT2D eigenvalue weighted by molar-refractivity contribution is 7.99. The predicted octanol–water partition coefficient (Wildman–Crippen LogP) is 6.92. The van der Waals surface area contributed by atoms with Crippen LogP contribution in [-0.4, -0.2) is 48.5 Å². The topological polar surface area (TPSA) is 39.7 Å². The lowest BCUT2D eigenvalue weighted by Gasteiger charge is -2.36. The number of hydrogen-bond donors (Lipinski definition) is 0. The Morgan fingerprint density at radius 3 is 2.36 bits per heavy atom. The molecule has 0 N–H and O–H groups in total. The second kappa shape index (κ2) is 10.3. The van der Waals surface area contributed by atoms with Crippen LogP contribution in [0.2, 0.25) is 0 Å². The van der Waals surface area contributed by atoms with Crippen molar-refractivity contribution < 1.29 is 22.4 Å². The molecule has 0 bridgehead atoms. The van der Waals surface area contributed by atoms with E-state index in [1.807, 2.05) is 22.4 Å². The van der Waals surface area contributed by atoms with Gasteiger partial charge in [-0.1, -0.05) is 23.9 Å². The number of halogens is 4. The van der Waals surface area contributed by atoms with Gasteiger partial charge in [-0.05, 0) is 54.6 Å². The number of piperazine rings is 1. The molecule has 4 aromatic rings. The third kappa shape index (κ3) is 5.26. The summed E-state index contributed by atoms with van der Waals surface area (Å²) in [4.78, 5) is 25.4. The molecule has 0 spiro atoms. The Bertz CT molecular complexity index is 1510. The van der Waals surface area contributed by atoms with Crippen molar-refractivity contribution in [2.45, 2.75) is 16.0 Å². The van der Waals surface area contributed by atoms with Crippen molar-refractivity contribution in [1.82, 2.24) is 9.88 Å². The summed E-state index contributed by atoms with van der Waals surface area (Å²) in [6, 6.07) is 17.0. The predicted molar refractivity (Wildman–Crippen MR) is 145 cm³/mol. The summed E-state index contributed by atoms with van der Waals surface area (Å²) in [5.41, 5.74) is 1.70. The summed E-state index contributed by atoms with van der Waals surface area (Å²) in [6.45, 7) is 2.62. The minimum Gasteiger partial charge on any atom is -0.346 e. The summed E-state index contributed by atoms with van der Waals surface area (Å²) < 4.78 is 53.8. The normalized spacial score (nSPS) is 15.7. The highest BCUT2D eigenvalue weighted by Crippen LogP contribution is 2.49. The molecule has 200 valence electrons. The van der Waals surface area contributed by atoms with Crippen LogP contribution in [0.5, 0.6) is 0 Å². The first-order valence-electron chi connectivity index (χ1n) is 12.3. The van der Waals surface area contributed by atoms with Gasteiger partial charge in [0.25, 0.3) is 0 Å². The Balaban J connectivity index is 1.16. The van der Waals surface area contributed by atoms with Crippen LogP contribution < -0.4 is 9.80 Å². The van der Waals surface area contributed by atoms with Gasteiger partial charge >= 0.3 is 6.18 Å². The van der Waals surface area contributed by atoms with Crippen molar-refractivity contribution in [1.29, 1.82) is 0 Å². The summed E-state index contributed by atoms with van der Waals surface area (Å²) >= 11 is 2.88. The number of para-hydroxylation sites is 1. The van der Waals surface area contributed by atoms with Crippen LogP contribution in [0.15, 0.2) is 81.9 Å². The summed E-state index contributed by atoms with van der Waals surface area (Å²) in [7, 11) is 0. The lowest BCUT2D eigenvalue weighted by molar-refractivity contribution is -0.137. The zero-order valence-electron chi connectivity index (χ0n) is 20.5. The number of alkyl halides is 3. The number of amides is 1. The van der Waals surface area contributed by atoms with E-state index in [9.17, 15) is 22.4 Å². The standard InChI is InChI=1S/C28H22F4N4OS2/c29-20-8-5-18(6-9-20)21-17-38-27(33-21)35-13-11-34(12-14-35)16-26(37)36-22-3-1-2-4-24(22)39-25-10-7-19(15-23(25)36)28(30,31)32/h1-10,15,17H,11-14,16H2. The molecular weight excluding hydrogens is 548 g/mol. The molecule has 5 nitrogen and oxygen atoms in total. The fourth-order valence-corrected chi connectivity index (χ4v) is 6.65. The molecular formula is C28H22F4N4OS2. The van der Waals surface area contributed by atoms with Gasteiger partial charge in [-0.25, -0.2) is 9.37 Å². The van der Waals surface area contributed by atoms with Crippen molar-refractivity contribution in [3.05, 3.63) is 83.5 Å². The minimum absolute atomic E-state index is 0.0845. The van der Waals surface area contributed by atoms with Crippen molar-refractivity contribution in [2.75, 3.05) is 42.5 Å². The number of benzene rings is 3. The molecule has 0 unspecified atom stereocenters. The molecule has 6 rings (SSSR count). The van der Waals surface area contributed by atoms with E-state index in [0.717, 1.165) is 33.4 Å². The Morgan fingerprint density at radius 1 is 0.897 bits per heavy atom. The third-order valence-electron chi connectivity index (χ3n) is 6.74. The maximum absolute atomic E-state index is 13.6. The van der Waals surface area contributed by atoms with E-state index in [0.29, 0.717) is 36.8 Å². The van der Waals surface area contributed by atoms with Crippen molar-refractivity contribution in [2.24, 2.45) is 0 Å². The molecule has 2 aliphatic heterocycles. The average molecular weight is 571 g/mol. The maximum Gasteiger partial charge on any atom is 0.416 e. The molecule has 3 heterocycles. The summed E-state index contributed by atoms with van der Waals surface area (Å²) in [5, 5.41) is 2.80. The fourth-order valence-electron chi connectivity index (χ4n) is 4.72. The number of rotatable bonds is 4. The average Bonchev–Trinajstić information content (AvgIpc) is 3.42. The zero-order chi connectivity index (χ0) is 27.1. The molecule has 39 heavy (non-hydrogen) atoms. The largest absolute Gasteiger partial charge is 0.416 e. The minimum atomic E-state index is -4.51. The Morgan fingerprint density at radius 2 is 1.62 bits per heavy atom. The molecule has 2 aliphatic rings. The van der Waals surface area contributed by atoms with Gasteiger partial charge < -0.3 is 4.90 Å². The van der Waals surface area contributed by atoms with E-state index in [2.05, 4.69) is 4.90 Å². The third-order valence-corrected chi connectivity index (χ3v) is 8.77. The van der Waals surface area contributed by atoms with Gasteiger partial charge in [0.15, 0.2) is 5.13 Å². The van der Waals surface area contributed by atoms with E-state index in [-0.39, 0.29) is 24.0 Å². The van der Waals surface area contributed by atoms with Crippen LogP contribution in [0.25, 0.3) is 11.3 Å². The first-order valence-corrected chi connectivity index (χ1v) is 14.0. The zero-order valence-corrected chi connectivity index (χ0v) is 22.1. The Labute approximate surface area is 230 Å². The Hall–Kier alpha value is -3.41. The van der Waals surface area contributed by atoms with Gasteiger partial charge in [-0.15, -0.1) is 11.3 Å². The SMILES string of the molecule is O=C(CN1CCN(c2nc(-c3ccc(F)cc3)cs2)CC1)N1c2ccccc2Sc2ccc(C(F)(F)F)cc21. The monoisotopic (exact) mass is 570 g/mol. The number of carbonyl (C=O) groups excluding carboxylic acids is 1.